The average Bonchev–Trinajstić information content (AvgIpc) is 2.24. The van der Waals surface area contributed by atoms with Gasteiger partial charge in [-0.15, -0.1) is 0 Å². The average molecular weight is 229 g/mol. The number of hydrogen-bond acceptors (Lipinski definition) is 1. The quantitative estimate of drug-likeness (QED) is 0.680. The number of pyridine rings is 1. The number of nitrogens with zero attached hydrogens (tertiary/aromatic N) is 1. The molecule has 1 heterocycles. The van der Waals surface area contributed by atoms with E-state index in [-0.39, 0.29) is 11.0 Å². The van der Waals surface area contributed by atoms with Crippen molar-refractivity contribution < 1.29 is 0 Å². The maximum absolute atomic E-state index is 12.4. The van der Waals surface area contributed by atoms with E-state index < -0.39 is 0 Å². The first-order chi connectivity index (χ1) is 7.84. The van der Waals surface area contributed by atoms with Crippen molar-refractivity contribution in [1.82, 2.24) is 4.57 Å². The van der Waals surface area contributed by atoms with E-state index in [4.69, 9.17) is 0 Å². The van der Waals surface area contributed by atoms with Crippen molar-refractivity contribution >= 4 is 10.9 Å². The molecule has 0 fully saturated rings. The summed E-state index contributed by atoms with van der Waals surface area (Å²) in [7, 11) is 1.85. The van der Waals surface area contributed by atoms with Gasteiger partial charge < -0.3 is 4.57 Å². The molecule has 1 aromatic heterocycles. The predicted molar refractivity (Wildman–Crippen MR) is 72.6 cm³/mol. The van der Waals surface area contributed by atoms with Gasteiger partial charge >= 0.3 is 0 Å². The van der Waals surface area contributed by atoms with Gasteiger partial charge in [0.1, 0.15) is 0 Å². The molecule has 17 heavy (non-hydrogen) atoms. The van der Waals surface area contributed by atoms with Crippen LogP contribution < -0.4 is 5.56 Å². The fourth-order valence-corrected chi connectivity index (χ4v) is 2.54. The first kappa shape index (κ1) is 11.9. The second kappa shape index (κ2) is 3.73. The molecule has 2 heteroatoms. The van der Waals surface area contributed by atoms with Crippen LogP contribution in [0.2, 0.25) is 0 Å². The van der Waals surface area contributed by atoms with E-state index >= 15 is 0 Å². The monoisotopic (exact) mass is 229 g/mol. The Labute approximate surface area is 102 Å². The second-order valence-electron chi connectivity index (χ2n) is 5.63. The molecule has 2 nitrogen and oxygen atoms in total. The maximum Gasteiger partial charge on any atom is 0.254 e. The number of hydrogen-bond donors (Lipinski definition) is 0. The molecule has 0 radical (unpaired) electrons. The van der Waals surface area contributed by atoms with Crippen molar-refractivity contribution in [3.63, 3.8) is 0 Å². The minimum atomic E-state index is -0.122. The van der Waals surface area contributed by atoms with Crippen LogP contribution in [0.15, 0.2) is 29.1 Å². The lowest BCUT2D eigenvalue weighted by molar-refractivity contribution is 0.572. The normalized spacial score (nSPS) is 12.1. The van der Waals surface area contributed by atoms with Gasteiger partial charge in [0.25, 0.3) is 5.56 Å². The summed E-state index contributed by atoms with van der Waals surface area (Å²) >= 11 is 0. The topological polar surface area (TPSA) is 22.0 Å². The molecule has 0 N–H and O–H groups in total. The van der Waals surface area contributed by atoms with Gasteiger partial charge in [-0.1, -0.05) is 39.0 Å². The summed E-state index contributed by atoms with van der Waals surface area (Å²) < 4.78 is 1.75. The highest BCUT2D eigenvalue weighted by Gasteiger charge is 2.22. The molecule has 0 unspecified atom stereocenters. The summed E-state index contributed by atoms with van der Waals surface area (Å²) in [6.45, 7) is 8.31. The summed E-state index contributed by atoms with van der Waals surface area (Å²) in [4.78, 5) is 12.4. The zero-order chi connectivity index (χ0) is 12.8. The minimum Gasteiger partial charge on any atom is -0.311 e. The Bertz CT molecular complexity index is 630. The lowest BCUT2D eigenvalue weighted by Crippen LogP contribution is -2.30. The Kier molecular flexibility index (Phi) is 2.61. The van der Waals surface area contributed by atoms with Gasteiger partial charge in [0.15, 0.2) is 0 Å². The standard InChI is InChI=1S/C15H19NO/c1-10-11-8-6-7-9-12(11)16(5)14(17)13(10)15(2,3)4/h6-9H,1-5H3. The van der Waals surface area contributed by atoms with Crippen LogP contribution >= 0.6 is 0 Å². The molecule has 0 saturated heterocycles. The Balaban J connectivity index is 3.03. The van der Waals surface area contributed by atoms with Crippen molar-refractivity contribution in [3.05, 3.63) is 45.7 Å². The van der Waals surface area contributed by atoms with Gasteiger partial charge in [-0.3, -0.25) is 4.79 Å². The van der Waals surface area contributed by atoms with E-state index in [1.807, 2.05) is 32.2 Å². The molecule has 0 bridgehead atoms. The van der Waals surface area contributed by atoms with Gasteiger partial charge in [0.05, 0.1) is 5.52 Å². The van der Waals surface area contributed by atoms with Gasteiger partial charge in [-0.05, 0) is 24.0 Å². The third kappa shape index (κ3) is 1.78. The zero-order valence-corrected chi connectivity index (χ0v) is 11.2. The van der Waals surface area contributed by atoms with Gasteiger partial charge in [0, 0.05) is 18.0 Å². The molecule has 90 valence electrons. The molecule has 0 spiro atoms. The van der Waals surface area contributed by atoms with Crippen LogP contribution in [0.5, 0.6) is 0 Å². The van der Waals surface area contributed by atoms with E-state index in [0.717, 1.165) is 16.6 Å². The van der Waals surface area contributed by atoms with Gasteiger partial charge in [-0.2, -0.15) is 0 Å². The van der Waals surface area contributed by atoms with Crippen LogP contribution in [-0.2, 0) is 12.5 Å². The van der Waals surface area contributed by atoms with Crippen molar-refractivity contribution in [2.45, 2.75) is 33.1 Å². The van der Waals surface area contributed by atoms with Gasteiger partial charge in [0.2, 0.25) is 0 Å². The van der Waals surface area contributed by atoms with E-state index in [1.165, 1.54) is 5.39 Å². The Morgan fingerprint density at radius 2 is 1.71 bits per heavy atom. The lowest BCUT2D eigenvalue weighted by Gasteiger charge is -2.23. The van der Waals surface area contributed by atoms with Crippen molar-refractivity contribution in [2.24, 2.45) is 7.05 Å². The first-order valence-corrected chi connectivity index (χ1v) is 5.93. The molecule has 2 aromatic rings. The summed E-state index contributed by atoms with van der Waals surface area (Å²) in [5.41, 5.74) is 3.02. The number of aryl methyl sites for hydroxylation is 2. The molecule has 0 atom stereocenters. The molecule has 0 aliphatic rings. The van der Waals surface area contributed by atoms with Crippen LogP contribution in [0, 0.1) is 6.92 Å². The third-order valence-electron chi connectivity index (χ3n) is 3.31. The Hall–Kier alpha value is -1.57. The van der Waals surface area contributed by atoms with Crippen molar-refractivity contribution in [2.75, 3.05) is 0 Å². The van der Waals surface area contributed by atoms with Crippen LogP contribution in [0.1, 0.15) is 31.9 Å². The number of fused-ring (bicyclic) bond motifs is 1. The van der Waals surface area contributed by atoms with E-state index in [1.54, 1.807) is 4.57 Å². The molecule has 0 saturated carbocycles. The van der Waals surface area contributed by atoms with Crippen LogP contribution in [0.25, 0.3) is 10.9 Å². The molecule has 0 amide bonds. The minimum absolute atomic E-state index is 0.119. The van der Waals surface area contributed by atoms with Crippen LogP contribution in [-0.4, -0.2) is 4.57 Å². The number of para-hydroxylation sites is 1. The molecular weight excluding hydrogens is 210 g/mol. The predicted octanol–water partition coefficient (Wildman–Crippen LogP) is 3.14. The fraction of sp³-hybridized carbons (Fsp3) is 0.400. The molecule has 0 aliphatic heterocycles. The number of rotatable bonds is 0. The zero-order valence-electron chi connectivity index (χ0n) is 11.2. The molecule has 0 aliphatic carbocycles. The maximum atomic E-state index is 12.4. The Morgan fingerprint density at radius 3 is 2.29 bits per heavy atom. The summed E-state index contributed by atoms with van der Waals surface area (Å²) in [6.07, 6.45) is 0. The van der Waals surface area contributed by atoms with E-state index in [2.05, 4.69) is 26.8 Å². The second-order valence-corrected chi connectivity index (χ2v) is 5.63. The van der Waals surface area contributed by atoms with Crippen molar-refractivity contribution in [3.8, 4) is 0 Å². The highest BCUT2D eigenvalue weighted by Crippen LogP contribution is 2.27. The summed E-state index contributed by atoms with van der Waals surface area (Å²) in [6, 6.07) is 8.07. The third-order valence-corrected chi connectivity index (χ3v) is 3.31. The van der Waals surface area contributed by atoms with Crippen LogP contribution in [0.4, 0.5) is 0 Å². The van der Waals surface area contributed by atoms with Crippen LogP contribution in [0.3, 0.4) is 0 Å². The smallest absolute Gasteiger partial charge is 0.254 e. The molecule has 2 rings (SSSR count). The molecular formula is C15H19NO. The number of aromatic nitrogens is 1. The Morgan fingerprint density at radius 1 is 1.12 bits per heavy atom. The lowest BCUT2D eigenvalue weighted by atomic mass is 9.84. The van der Waals surface area contributed by atoms with Crippen molar-refractivity contribution in [1.29, 1.82) is 0 Å². The first-order valence-electron chi connectivity index (χ1n) is 5.93. The van der Waals surface area contributed by atoms with Gasteiger partial charge in [-0.25, -0.2) is 0 Å². The highest BCUT2D eigenvalue weighted by atomic mass is 16.1. The van der Waals surface area contributed by atoms with E-state index in [0.29, 0.717) is 0 Å². The van der Waals surface area contributed by atoms with E-state index in [9.17, 15) is 4.79 Å². The molecule has 1 aromatic carbocycles. The largest absolute Gasteiger partial charge is 0.311 e. The fourth-order valence-electron chi connectivity index (χ4n) is 2.54. The number of benzene rings is 1. The SMILES string of the molecule is Cc1c(C(C)(C)C)c(=O)n(C)c2ccccc12. The summed E-state index contributed by atoms with van der Waals surface area (Å²) in [5.74, 6) is 0. The summed E-state index contributed by atoms with van der Waals surface area (Å²) in [5, 5.41) is 1.17. The highest BCUT2D eigenvalue weighted by molar-refractivity contribution is 5.83.